The quantitative estimate of drug-likeness (QED) is 0.640. The third-order valence-corrected chi connectivity index (χ3v) is 6.22. The van der Waals surface area contributed by atoms with Gasteiger partial charge in [-0.15, -0.1) is 11.3 Å². The zero-order chi connectivity index (χ0) is 20.5. The molecule has 2 heterocycles. The molecule has 2 aromatic rings. The van der Waals surface area contributed by atoms with Gasteiger partial charge in [-0.25, -0.2) is 8.42 Å². The lowest BCUT2D eigenvalue weighted by Crippen LogP contribution is -2.39. The van der Waals surface area contributed by atoms with Gasteiger partial charge in [-0.1, -0.05) is 11.6 Å². The second kappa shape index (κ2) is 7.96. The van der Waals surface area contributed by atoms with Crippen molar-refractivity contribution in [3.63, 3.8) is 0 Å². The fourth-order valence-corrected chi connectivity index (χ4v) is 4.72. The molecule has 1 unspecified atom stereocenters. The number of benzene rings is 1. The van der Waals surface area contributed by atoms with Crippen LogP contribution in [0.5, 0.6) is 0 Å². The molecule has 0 fully saturated rings. The summed E-state index contributed by atoms with van der Waals surface area (Å²) in [6.45, 7) is 1.69. The van der Waals surface area contributed by atoms with Crippen LogP contribution in [-0.2, 0) is 10.0 Å². The van der Waals surface area contributed by atoms with E-state index in [-0.39, 0.29) is 0 Å². The molecule has 0 aliphatic carbocycles. The normalized spacial score (nSPS) is 16.9. The van der Waals surface area contributed by atoms with Gasteiger partial charge < -0.3 is 10.2 Å². The minimum absolute atomic E-state index is 0.395. The predicted octanol–water partition coefficient (Wildman–Crippen LogP) is 3.41. The van der Waals surface area contributed by atoms with Crippen LogP contribution >= 0.6 is 22.9 Å². The molecule has 1 aromatic heterocycles. The van der Waals surface area contributed by atoms with Crippen LogP contribution in [0.1, 0.15) is 18.9 Å². The highest BCUT2D eigenvalue weighted by Crippen LogP contribution is 2.37. The Balaban J connectivity index is 1.88. The number of nitrogens with one attached hydrogen (secondary N) is 1. The Morgan fingerprint density at radius 2 is 2.11 bits per heavy atom. The van der Waals surface area contributed by atoms with Gasteiger partial charge in [0.05, 0.1) is 23.6 Å². The summed E-state index contributed by atoms with van der Waals surface area (Å²) in [5.74, 6) is 0. The van der Waals surface area contributed by atoms with Crippen molar-refractivity contribution >= 4 is 49.9 Å². The molecule has 0 radical (unpaired) electrons. The molecule has 1 aromatic carbocycles. The minimum Gasteiger partial charge on any atom is -0.393 e. The Morgan fingerprint density at radius 3 is 2.75 bits per heavy atom. The maximum absolute atomic E-state index is 11.4. The van der Waals surface area contributed by atoms with Gasteiger partial charge in [0.25, 0.3) is 0 Å². The number of aliphatic hydroxyl groups excluding tert-OH is 1. The molecule has 28 heavy (non-hydrogen) atoms. The highest BCUT2D eigenvalue weighted by molar-refractivity contribution is 7.92. The van der Waals surface area contributed by atoms with Gasteiger partial charge in [0.2, 0.25) is 10.0 Å². The minimum atomic E-state index is -3.36. The van der Waals surface area contributed by atoms with Gasteiger partial charge in [-0.3, -0.25) is 9.71 Å². The topological polar surface area (TPSA) is 99.0 Å². The molecule has 0 spiro atoms. The van der Waals surface area contributed by atoms with Crippen LogP contribution in [0.4, 0.5) is 5.69 Å². The average Bonchev–Trinajstić information content (AvgIpc) is 3.10. The van der Waals surface area contributed by atoms with E-state index in [0.29, 0.717) is 23.0 Å². The van der Waals surface area contributed by atoms with Crippen LogP contribution in [0, 0.1) is 0 Å². The standard InChI is InChI=1S/C19H21ClN2O4S2/c1-19(24,11-23)18-8-12(5-6-21-18)13-7-17(27-10-13)15-4-3-14(9-16(15)20)22-28(2,25)26/h3-4,7-10,22-24H,5-6,11H2,1-2H3. The van der Waals surface area contributed by atoms with E-state index in [1.807, 2.05) is 17.5 Å². The number of nitrogens with zero attached hydrogens (tertiary/aromatic N) is 1. The summed E-state index contributed by atoms with van der Waals surface area (Å²) in [5, 5.41) is 22.1. The van der Waals surface area contributed by atoms with Crippen molar-refractivity contribution in [1.82, 2.24) is 0 Å². The summed E-state index contributed by atoms with van der Waals surface area (Å²) >= 11 is 7.90. The van der Waals surface area contributed by atoms with Crippen molar-refractivity contribution in [3.05, 3.63) is 46.3 Å². The Bertz CT molecular complexity index is 1060. The SMILES string of the molecule is CC(O)(CO)C1=NCCC(c2csc(-c3ccc(NS(C)(=O)=O)cc3Cl)c2)=C1. The summed E-state index contributed by atoms with van der Waals surface area (Å²) in [6.07, 6.45) is 3.66. The Labute approximate surface area is 173 Å². The average molecular weight is 441 g/mol. The van der Waals surface area contributed by atoms with Crippen LogP contribution in [0.2, 0.25) is 5.02 Å². The van der Waals surface area contributed by atoms with Crippen molar-refractivity contribution in [3.8, 4) is 10.4 Å². The third kappa shape index (κ3) is 4.82. The number of dihydropyridines is 1. The van der Waals surface area contributed by atoms with Crippen LogP contribution < -0.4 is 4.72 Å². The number of anilines is 1. The van der Waals surface area contributed by atoms with Crippen LogP contribution in [0.25, 0.3) is 16.0 Å². The van der Waals surface area contributed by atoms with Gasteiger partial charge in [-0.05, 0) is 60.2 Å². The fourth-order valence-electron chi connectivity index (χ4n) is 2.85. The first-order valence-electron chi connectivity index (χ1n) is 8.54. The molecular formula is C19H21ClN2O4S2. The summed E-state index contributed by atoms with van der Waals surface area (Å²) in [4.78, 5) is 5.27. The number of aliphatic hydroxyl groups is 2. The van der Waals surface area contributed by atoms with E-state index < -0.39 is 22.2 Å². The van der Waals surface area contributed by atoms with E-state index in [2.05, 4.69) is 9.71 Å². The van der Waals surface area contributed by atoms with Crippen molar-refractivity contribution < 1.29 is 18.6 Å². The number of hydrogen-bond donors (Lipinski definition) is 3. The smallest absolute Gasteiger partial charge is 0.229 e. The van der Waals surface area contributed by atoms with E-state index in [0.717, 1.165) is 34.3 Å². The molecule has 6 nitrogen and oxygen atoms in total. The first-order valence-corrected chi connectivity index (χ1v) is 11.7. The van der Waals surface area contributed by atoms with Crippen molar-refractivity contribution in [2.24, 2.45) is 4.99 Å². The van der Waals surface area contributed by atoms with Gasteiger partial charge in [0, 0.05) is 22.7 Å². The van der Waals surface area contributed by atoms with Gasteiger partial charge in [-0.2, -0.15) is 0 Å². The summed E-state index contributed by atoms with van der Waals surface area (Å²) in [6, 6.07) is 7.05. The molecule has 150 valence electrons. The lowest BCUT2D eigenvalue weighted by Gasteiger charge is -2.24. The monoisotopic (exact) mass is 440 g/mol. The number of hydrogen-bond acceptors (Lipinski definition) is 6. The highest BCUT2D eigenvalue weighted by atomic mass is 35.5. The lowest BCUT2D eigenvalue weighted by atomic mass is 9.93. The Hall–Kier alpha value is -1.71. The third-order valence-electron chi connectivity index (χ3n) is 4.34. The Morgan fingerprint density at radius 1 is 1.36 bits per heavy atom. The molecular weight excluding hydrogens is 420 g/mol. The second-order valence-electron chi connectivity index (χ2n) is 6.89. The first-order chi connectivity index (χ1) is 13.1. The van der Waals surface area contributed by atoms with E-state index in [1.54, 1.807) is 18.2 Å². The highest BCUT2D eigenvalue weighted by Gasteiger charge is 2.27. The van der Waals surface area contributed by atoms with Crippen LogP contribution in [0.15, 0.2) is 40.7 Å². The van der Waals surface area contributed by atoms with Gasteiger partial charge in [0.1, 0.15) is 5.60 Å². The molecule has 1 atom stereocenters. The summed E-state index contributed by atoms with van der Waals surface area (Å²) in [5.41, 5.74) is 2.37. The largest absolute Gasteiger partial charge is 0.393 e. The zero-order valence-electron chi connectivity index (χ0n) is 15.4. The number of rotatable bonds is 6. The van der Waals surface area contributed by atoms with Crippen LogP contribution in [-0.4, -0.2) is 49.4 Å². The summed E-state index contributed by atoms with van der Waals surface area (Å²) in [7, 11) is -3.36. The van der Waals surface area contributed by atoms with E-state index >= 15 is 0 Å². The lowest BCUT2D eigenvalue weighted by molar-refractivity contribution is 0.0609. The zero-order valence-corrected chi connectivity index (χ0v) is 17.8. The Kier molecular flexibility index (Phi) is 5.97. The van der Waals surface area contributed by atoms with Gasteiger partial charge in [0.15, 0.2) is 0 Å². The van der Waals surface area contributed by atoms with Crippen LogP contribution in [0.3, 0.4) is 0 Å². The van der Waals surface area contributed by atoms with E-state index in [4.69, 9.17) is 11.6 Å². The number of aliphatic imine (C=N–C) groups is 1. The maximum Gasteiger partial charge on any atom is 0.229 e. The van der Waals surface area contributed by atoms with Crippen molar-refractivity contribution in [1.29, 1.82) is 0 Å². The predicted molar refractivity (Wildman–Crippen MR) is 116 cm³/mol. The summed E-state index contributed by atoms with van der Waals surface area (Å²) < 4.78 is 25.1. The molecule has 0 amide bonds. The fraction of sp³-hybridized carbons (Fsp3) is 0.316. The number of sulfonamides is 1. The molecule has 3 N–H and O–H groups in total. The molecule has 0 saturated heterocycles. The second-order valence-corrected chi connectivity index (χ2v) is 9.95. The molecule has 0 saturated carbocycles. The van der Waals surface area contributed by atoms with E-state index in [1.165, 1.54) is 18.3 Å². The molecule has 9 heteroatoms. The number of thiophene rings is 1. The molecule has 1 aliphatic rings. The number of halogens is 1. The molecule has 3 rings (SSSR count). The van der Waals surface area contributed by atoms with Crippen molar-refractivity contribution in [2.75, 3.05) is 24.1 Å². The van der Waals surface area contributed by atoms with Crippen molar-refractivity contribution in [2.45, 2.75) is 18.9 Å². The molecule has 1 aliphatic heterocycles. The first kappa shape index (κ1) is 21.0. The maximum atomic E-state index is 11.4. The van der Waals surface area contributed by atoms with Gasteiger partial charge >= 0.3 is 0 Å². The van der Waals surface area contributed by atoms with E-state index in [9.17, 15) is 18.6 Å². The molecule has 0 bridgehead atoms.